The van der Waals surface area contributed by atoms with Crippen molar-refractivity contribution in [2.24, 2.45) is 0 Å². The third kappa shape index (κ3) is 5.05. The van der Waals surface area contributed by atoms with Crippen LogP contribution in [0.25, 0.3) is 6.08 Å². The lowest BCUT2D eigenvalue weighted by Gasteiger charge is -2.12. The molecule has 0 fully saturated rings. The van der Waals surface area contributed by atoms with Gasteiger partial charge in [0.15, 0.2) is 0 Å². The van der Waals surface area contributed by atoms with Crippen LogP contribution in [-0.2, 0) is 14.8 Å². The van der Waals surface area contributed by atoms with Crippen LogP contribution in [0.3, 0.4) is 0 Å². The van der Waals surface area contributed by atoms with Crippen molar-refractivity contribution < 1.29 is 13.2 Å². The zero-order valence-electron chi connectivity index (χ0n) is 14.4. The summed E-state index contributed by atoms with van der Waals surface area (Å²) in [6.45, 7) is 0. The van der Waals surface area contributed by atoms with Gasteiger partial charge in [0, 0.05) is 11.8 Å². The molecule has 0 radical (unpaired) electrons. The molecule has 0 unspecified atom stereocenters. The van der Waals surface area contributed by atoms with Gasteiger partial charge in [-0.25, -0.2) is 8.42 Å². The lowest BCUT2D eigenvalue weighted by molar-refractivity contribution is -0.111. The van der Waals surface area contributed by atoms with Gasteiger partial charge in [-0.05, 0) is 35.9 Å². The summed E-state index contributed by atoms with van der Waals surface area (Å²) < 4.78 is 27.9. The Bertz CT molecular complexity index is 1050. The van der Waals surface area contributed by atoms with Crippen LogP contribution in [0.2, 0.25) is 0 Å². The Morgan fingerprint density at radius 2 is 1.37 bits per heavy atom. The molecule has 0 aromatic heterocycles. The zero-order valence-corrected chi connectivity index (χ0v) is 15.2. The van der Waals surface area contributed by atoms with Crippen molar-refractivity contribution in [1.29, 1.82) is 0 Å². The predicted octanol–water partition coefficient (Wildman–Crippen LogP) is 4.14. The molecule has 3 rings (SSSR count). The summed E-state index contributed by atoms with van der Waals surface area (Å²) in [6.07, 6.45) is 3.03. The van der Waals surface area contributed by atoms with E-state index in [1.807, 2.05) is 30.3 Å². The third-order valence-corrected chi connectivity index (χ3v) is 5.13. The smallest absolute Gasteiger partial charge is 0.263 e. The first-order valence-electron chi connectivity index (χ1n) is 8.26. The van der Waals surface area contributed by atoms with Gasteiger partial charge < -0.3 is 5.32 Å². The van der Waals surface area contributed by atoms with E-state index in [2.05, 4.69) is 10.0 Å². The Morgan fingerprint density at radius 3 is 2.07 bits per heavy atom. The first-order chi connectivity index (χ1) is 13.0. The maximum atomic E-state index is 12.7. The number of para-hydroxylation sites is 2. The number of carbonyl (C=O) groups is 1. The highest BCUT2D eigenvalue weighted by Crippen LogP contribution is 2.23. The zero-order chi connectivity index (χ0) is 19.1. The van der Waals surface area contributed by atoms with E-state index in [0.29, 0.717) is 5.69 Å². The Kier molecular flexibility index (Phi) is 5.68. The summed E-state index contributed by atoms with van der Waals surface area (Å²) in [5.41, 5.74) is 1.53. The van der Waals surface area contributed by atoms with E-state index in [1.165, 1.54) is 12.1 Å². The minimum atomic E-state index is -3.85. The molecule has 27 heavy (non-hydrogen) atoms. The molecule has 0 aliphatic carbocycles. The molecule has 1 amide bonds. The van der Waals surface area contributed by atoms with Gasteiger partial charge in [0.1, 0.15) is 4.90 Å². The lowest BCUT2D eigenvalue weighted by Crippen LogP contribution is -2.17. The number of carbonyl (C=O) groups excluding carboxylic acids is 1. The van der Waals surface area contributed by atoms with Gasteiger partial charge in [-0.1, -0.05) is 60.7 Å². The van der Waals surface area contributed by atoms with E-state index in [1.54, 1.807) is 54.6 Å². The molecule has 5 nitrogen and oxygen atoms in total. The van der Waals surface area contributed by atoms with Crippen molar-refractivity contribution >= 4 is 33.4 Å². The molecule has 0 saturated carbocycles. The van der Waals surface area contributed by atoms with Gasteiger partial charge in [-0.2, -0.15) is 0 Å². The van der Waals surface area contributed by atoms with E-state index in [4.69, 9.17) is 0 Å². The minimum absolute atomic E-state index is 0.00434. The van der Waals surface area contributed by atoms with Crippen molar-refractivity contribution in [3.8, 4) is 0 Å². The molecule has 0 aliphatic heterocycles. The fraction of sp³-hybridized carbons (Fsp3) is 0. The minimum Gasteiger partial charge on any atom is -0.321 e. The van der Waals surface area contributed by atoms with E-state index < -0.39 is 15.9 Å². The Hall–Kier alpha value is -3.38. The third-order valence-electron chi connectivity index (χ3n) is 3.69. The highest BCUT2D eigenvalue weighted by atomic mass is 32.2. The summed E-state index contributed by atoms with van der Waals surface area (Å²) in [6, 6.07) is 24.2. The number of anilines is 2. The SMILES string of the molecule is O=C(C=Cc1ccccc1)Nc1ccccc1S(=O)(=O)Nc1ccccc1. The quantitative estimate of drug-likeness (QED) is 0.633. The Labute approximate surface area is 158 Å². The molecule has 0 spiro atoms. The predicted molar refractivity (Wildman–Crippen MR) is 108 cm³/mol. The largest absolute Gasteiger partial charge is 0.321 e. The van der Waals surface area contributed by atoms with Gasteiger partial charge in [0.25, 0.3) is 10.0 Å². The molecule has 0 aliphatic rings. The molecule has 0 saturated heterocycles. The first-order valence-corrected chi connectivity index (χ1v) is 9.74. The molecular formula is C21H18N2O3S. The van der Waals surface area contributed by atoms with Crippen LogP contribution in [0, 0.1) is 0 Å². The molecule has 136 valence electrons. The summed E-state index contributed by atoms with van der Waals surface area (Å²) >= 11 is 0. The number of rotatable bonds is 6. The number of benzene rings is 3. The van der Waals surface area contributed by atoms with Crippen molar-refractivity contribution in [2.75, 3.05) is 10.0 Å². The number of hydrogen-bond donors (Lipinski definition) is 2. The molecule has 2 N–H and O–H groups in total. The topological polar surface area (TPSA) is 75.3 Å². The fourth-order valence-corrected chi connectivity index (χ4v) is 3.65. The normalized spacial score (nSPS) is 11.3. The molecule has 3 aromatic rings. The lowest BCUT2D eigenvalue weighted by atomic mass is 10.2. The van der Waals surface area contributed by atoms with Crippen LogP contribution in [0.15, 0.2) is 95.9 Å². The van der Waals surface area contributed by atoms with Gasteiger partial charge in [-0.15, -0.1) is 0 Å². The van der Waals surface area contributed by atoms with Crippen molar-refractivity contribution in [3.05, 3.63) is 96.6 Å². The summed E-state index contributed by atoms with van der Waals surface area (Å²) in [5, 5.41) is 2.63. The second-order valence-electron chi connectivity index (χ2n) is 5.70. The highest BCUT2D eigenvalue weighted by Gasteiger charge is 2.19. The molecule has 3 aromatic carbocycles. The Morgan fingerprint density at radius 1 is 0.778 bits per heavy atom. The number of amides is 1. The molecular weight excluding hydrogens is 360 g/mol. The van der Waals surface area contributed by atoms with Gasteiger partial charge in [0.2, 0.25) is 5.91 Å². The maximum Gasteiger partial charge on any atom is 0.263 e. The monoisotopic (exact) mass is 378 g/mol. The van der Waals surface area contributed by atoms with Crippen molar-refractivity contribution in [2.45, 2.75) is 4.90 Å². The number of nitrogens with one attached hydrogen (secondary N) is 2. The Balaban J connectivity index is 1.79. The van der Waals surface area contributed by atoms with E-state index in [0.717, 1.165) is 5.56 Å². The second kappa shape index (κ2) is 8.33. The second-order valence-corrected chi connectivity index (χ2v) is 7.35. The van der Waals surface area contributed by atoms with Gasteiger partial charge >= 0.3 is 0 Å². The average Bonchev–Trinajstić information content (AvgIpc) is 2.68. The summed E-state index contributed by atoms with van der Waals surface area (Å²) in [5.74, 6) is -0.416. The highest BCUT2D eigenvalue weighted by molar-refractivity contribution is 7.92. The first kappa shape index (κ1) is 18.4. The van der Waals surface area contributed by atoms with E-state index in [-0.39, 0.29) is 10.6 Å². The molecule has 0 bridgehead atoms. The van der Waals surface area contributed by atoms with Crippen LogP contribution in [0.4, 0.5) is 11.4 Å². The maximum absolute atomic E-state index is 12.7. The van der Waals surface area contributed by atoms with Gasteiger partial charge in [0.05, 0.1) is 5.69 Å². The van der Waals surface area contributed by atoms with E-state index in [9.17, 15) is 13.2 Å². The molecule has 6 heteroatoms. The van der Waals surface area contributed by atoms with Crippen molar-refractivity contribution in [1.82, 2.24) is 0 Å². The van der Waals surface area contributed by atoms with Crippen LogP contribution in [0.1, 0.15) is 5.56 Å². The summed E-state index contributed by atoms with van der Waals surface area (Å²) in [4.78, 5) is 12.2. The van der Waals surface area contributed by atoms with Crippen LogP contribution >= 0.6 is 0 Å². The number of sulfonamides is 1. The fourth-order valence-electron chi connectivity index (χ4n) is 2.43. The van der Waals surface area contributed by atoms with Crippen LogP contribution in [-0.4, -0.2) is 14.3 Å². The van der Waals surface area contributed by atoms with Gasteiger partial charge in [-0.3, -0.25) is 9.52 Å². The van der Waals surface area contributed by atoms with Crippen LogP contribution in [0.5, 0.6) is 0 Å². The number of hydrogen-bond acceptors (Lipinski definition) is 3. The molecule has 0 heterocycles. The van der Waals surface area contributed by atoms with Crippen molar-refractivity contribution in [3.63, 3.8) is 0 Å². The molecule has 0 atom stereocenters. The summed E-state index contributed by atoms with van der Waals surface area (Å²) in [7, 11) is -3.85. The average molecular weight is 378 g/mol. The standard InChI is InChI=1S/C21H18N2O3S/c24-21(16-15-17-9-3-1-4-10-17)22-19-13-7-8-14-20(19)27(25,26)23-18-11-5-2-6-12-18/h1-16,23H,(H,22,24). The van der Waals surface area contributed by atoms with Crippen LogP contribution < -0.4 is 10.0 Å². The van der Waals surface area contributed by atoms with E-state index >= 15 is 0 Å².